The molecule has 0 radical (unpaired) electrons. The lowest BCUT2D eigenvalue weighted by Gasteiger charge is -2.38. The molecule has 0 bridgehead atoms. The number of nitrogens with zero attached hydrogens (tertiary/aromatic N) is 2. The first-order valence-electron chi connectivity index (χ1n) is 14.0. The highest BCUT2D eigenvalue weighted by atomic mass is 16.5. The number of para-hydroxylation sites is 3. The SMILES string of the molecule is c1ccc(N(c2ccccc2)c2cc3c4c(c2)-n2c5ccccc5c5ccc6c(c52)B4c2c(cccc2O6)O3)cc1. The molecule has 0 fully saturated rings. The molecule has 0 N–H and O–H groups in total. The molecule has 190 valence electrons. The van der Waals surface area contributed by atoms with Crippen LogP contribution in [0.5, 0.6) is 23.0 Å². The summed E-state index contributed by atoms with van der Waals surface area (Å²) in [4.78, 5) is 2.31. The third-order valence-corrected chi connectivity index (χ3v) is 8.80. The monoisotopic (exact) mass is 524 g/mol. The van der Waals surface area contributed by atoms with Crippen molar-refractivity contribution in [1.82, 2.24) is 4.57 Å². The molecule has 7 aromatic rings. The quantitative estimate of drug-likeness (QED) is 0.227. The predicted molar refractivity (Wildman–Crippen MR) is 167 cm³/mol. The molecule has 0 saturated heterocycles. The summed E-state index contributed by atoms with van der Waals surface area (Å²) in [5.41, 5.74) is 10.3. The van der Waals surface area contributed by atoms with Gasteiger partial charge in [-0.2, -0.15) is 0 Å². The van der Waals surface area contributed by atoms with Gasteiger partial charge in [-0.05, 0) is 71.6 Å². The first-order chi connectivity index (χ1) is 20.3. The summed E-state index contributed by atoms with van der Waals surface area (Å²) in [5, 5.41) is 2.49. The van der Waals surface area contributed by atoms with Gasteiger partial charge in [0.2, 0.25) is 0 Å². The maximum Gasteiger partial charge on any atom is 0.266 e. The van der Waals surface area contributed by atoms with Crippen LogP contribution in [0.4, 0.5) is 17.1 Å². The van der Waals surface area contributed by atoms with Crippen molar-refractivity contribution >= 4 is 62.0 Å². The second-order valence-electron chi connectivity index (χ2n) is 10.9. The summed E-state index contributed by atoms with van der Waals surface area (Å²) in [7, 11) is 0. The summed E-state index contributed by atoms with van der Waals surface area (Å²) in [6.45, 7) is 0.0418. The number of aromatic nitrogens is 1. The van der Waals surface area contributed by atoms with Crippen LogP contribution in [-0.4, -0.2) is 11.3 Å². The lowest BCUT2D eigenvalue weighted by atomic mass is 9.33. The van der Waals surface area contributed by atoms with Gasteiger partial charge in [0.1, 0.15) is 23.0 Å². The number of ether oxygens (including phenoxy) is 2. The van der Waals surface area contributed by atoms with Gasteiger partial charge >= 0.3 is 0 Å². The van der Waals surface area contributed by atoms with Gasteiger partial charge in [-0.3, -0.25) is 0 Å². The number of hydrogen-bond acceptors (Lipinski definition) is 3. The van der Waals surface area contributed by atoms with Crippen molar-refractivity contribution in [2.24, 2.45) is 0 Å². The Bertz CT molecular complexity index is 2180. The van der Waals surface area contributed by atoms with Gasteiger partial charge in [0, 0.05) is 39.4 Å². The lowest BCUT2D eigenvalue weighted by Crippen LogP contribution is -2.60. The van der Waals surface area contributed by atoms with Crippen molar-refractivity contribution in [2.45, 2.75) is 0 Å². The average molecular weight is 524 g/mol. The van der Waals surface area contributed by atoms with Crippen LogP contribution < -0.4 is 30.8 Å². The first kappa shape index (κ1) is 21.4. The van der Waals surface area contributed by atoms with E-state index in [9.17, 15) is 0 Å². The second kappa shape index (κ2) is 7.61. The minimum atomic E-state index is 0.0418. The molecule has 0 amide bonds. The van der Waals surface area contributed by atoms with E-state index in [2.05, 4.69) is 131 Å². The van der Waals surface area contributed by atoms with E-state index in [0.717, 1.165) is 51.2 Å². The Hall–Kier alpha value is -5.42. The van der Waals surface area contributed by atoms with Crippen molar-refractivity contribution in [3.8, 4) is 28.7 Å². The molecule has 1 aromatic heterocycles. The van der Waals surface area contributed by atoms with Crippen LogP contribution in [0.2, 0.25) is 0 Å². The van der Waals surface area contributed by atoms with Gasteiger partial charge in [0.25, 0.3) is 6.71 Å². The van der Waals surface area contributed by atoms with Crippen LogP contribution in [0.1, 0.15) is 0 Å². The van der Waals surface area contributed by atoms with Crippen molar-refractivity contribution in [3.05, 3.63) is 127 Å². The van der Waals surface area contributed by atoms with E-state index in [4.69, 9.17) is 9.47 Å². The second-order valence-corrected chi connectivity index (χ2v) is 10.9. The van der Waals surface area contributed by atoms with E-state index in [1.807, 2.05) is 6.07 Å². The number of fused-ring (bicyclic) bond motifs is 4. The number of hydrogen-bond donors (Lipinski definition) is 0. The van der Waals surface area contributed by atoms with Crippen LogP contribution in [-0.2, 0) is 0 Å². The zero-order valence-corrected chi connectivity index (χ0v) is 21.9. The minimum absolute atomic E-state index is 0.0418. The lowest BCUT2D eigenvalue weighted by molar-refractivity contribution is 0.464. The van der Waals surface area contributed by atoms with E-state index < -0.39 is 0 Å². The standard InChI is InChI=1S/C36H21BN2O2/c1-3-10-22(11-4-1)38(23-12-5-2-6-13-23)24-20-28-33-32(21-24)41-30-17-9-16-29-34(30)37(33)35-31(40-29)19-18-26-25-14-7-8-15-27(25)39(28)36(26)35/h1-21H. The highest BCUT2D eigenvalue weighted by molar-refractivity contribution is 7.00. The van der Waals surface area contributed by atoms with Gasteiger partial charge < -0.3 is 18.9 Å². The Morgan fingerprint density at radius 1 is 0.488 bits per heavy atom. The topological polar surface area (TPSA) is 26.6 Å². The third kappa shape index (κ3) is 2.70. The fraction of sp³-hybridized carbons (Fsp3) is 0. The average Bonchev–Trinajstić information content (AvgIpc) is 3.37. The van der Waals surface area contributed by atoms with E-state index in [1.165, 1.54) is 32.7 Å². The molecule has 0 atom stereocenters. The largest absolute Gasteiger partial charge is 0.458 e. The molecule has 0 saturated carbocycles. The smallest absolute Gasteiger partial charge is 0.266 e. The van der Waals surface area contributed by atoms with Gasteiger partial charge in [-0.25, -0.2) is 0 Å². The molecule has 10 rings (SSSR count). The fourth-order valence-corrected chi connectivity index (χ4v) is 7.23. The molecule has 6 aromatic carbocycles. The zero-order chi connectivity index (χ0) is 26.7. The molecular weight excluding hydrogens is 503 g/mol. The molecule has 5 heteroatoms. The Labute approximate surface area is 236 Å². The van der Waals surface area contributed by atoms with Gasteiger partial charge in [-0.15, -0.1) is 0 Å². The molecule has 4 heterocycles. The zero-order valence-electron chi connectivity index (χ0n) is 21.9. The van der Waals surface area contributed by atoms with E-state index >= 15 is 0 Å². The molecule has 4 nitrogen and oxygen atoms in total. The van der Waals surface area contributed by atoms with Gasteiger partial charge in [-0.1, -0.05) is 60.7 Å². The van der Waals surface area contributed by atoms with Crippen LogP contribution in [0, 0.1) is 0 Å². The maximum atomic E-state index is 6.78. The summed E-state index contributed by atoms with van der Waals surface area (Å²) >= 11 is 0. The highest BCUT2D eigenvalue weighted by Gasteiger charge is 2.46. The van der Waals surface area contributed by atoms with Gasteiger partial charge in [0.15, 0.2) is 0 Å². The normalized spacial score (nSPS) is 13.2. The Balaban J connectivity index is 1.36. The van der Waals surface area contributed by atoms with E-state index in [1.54, 1.807) is 0 Å². The summed E-state index contributed by atoms with van der Waals surface area (Å²) in [6.07, 6.45) is 0. The number of benzene rings is 6. The molecule has 41 heavy (non-hydrogen) atoms. The molecule has 0 spiro atoms. The Morgan fingerprint density at radius 2 is 1.15 bits per heavy atom. The Kier molecular flexibility index (Phi) is 3.98. The third-order valence-electron chi connectivity index (χ3n) is 8.80. The fourth-order valence-electron chi connectivity index (χ4n) is 7.23. The summed E-state index contributed by atoms with van der Waals surface area (Å²) in [5.74, 6) is 3.55. The van der Waals surface area contributed by atoms with Crippen molar-refractivity contribution in [3.63, 3.8) is 0 Å². The van der Waals surface area contributed by atoms with Gasteiger partial charge in [0.05, 0.1) is 16.7 Å². The molecule has 3 aliphatic rings. The van der Waals surface area contributed by atoms with Crippen LogP contribution in [0.25, 0.3) is 27.5 Å². The first-order valence-corrected chi connectivity index (χ1v) is 14.0. The number of anilines is 3. The highest BCUT2D eigenvalue weighted by Crippen LogP contribution is 2.45. The summed E-state index contributed by atoms with van der Waals surface area (Å²) < 4.78 is 15.8. The molecule has 0 aliphatic carbocycles. The van der Waals surface area contributed by atoms with Crippen LogP contribution in [0.15, 0.2) is 127 Å². The van der Waals surface area contributed by atoms with E-state index in [-0.39, 0.29) is 6.71 Å². The van der Waals surface area contributed by atoms with E-state index in [0.29, 0.717) is 0 Å². The Morgan fingerprint density at radius 3 is 1.90 bits per heavy atom. The molecule has 0 unspecified atom stereocenters. The van der Waals surface area contributed by atoms with Crippen LogP contribution in [0.3, 0.4) is 0 Å². The number of rotatable bonds is 3. The summed E-state index contributed by atoms with van der Waals surface area (Å²) in [6, 6.07) is 44.9. The predicted octanol–water partition coefficient (Wildman–Crippen LogP) is 7.29. The van der Waals surface area contributed by atoms with Crippen molar-refractivity contribution in [1.29, 1.82) is 0 Å². The molecular formula is C36H21BN2O2. The van der Waals surface area contributed by atoms with Crippen molar-refractivity contribution in [2.75, 3.05) is 4.90 Å². The van der Waals surface area contributed by atoms with Crippen molar-refractivity contribution < 1.29 is 9.47 Å². The molecule has 3 aliphatic heterocycles. The maximum absolute atomic E-state index is 6.78. The minimum Gasteiger partial charge on any atom is -0.458 e. The van der Waals surface area contributed by atoms with Crippen LogP contribution >= 0.6 is 0 Å².